The largest absolute Gasteiger partial charge is 0.394 e. The average Bonchev–Trinajstić information content (AvgIpc) is 2.10. The molecule has 0 radical (unpaired) electrons. The van der Waals surface area contributed by atoms with Crippen molar-refractivity contribution in [2.75, 3.05) is 19.8 Å². The van der Waals surface area contributed by atoms with Gasteiger partial charge >= 0.3 is 0 Å². The number of ether oxygens (including phenoxy) is 2. The first kappa shape index (κ1) is 12.9. The molecule has 0 amide bonds. The lowest BCUT2D eigenvalue weighted by molar-refractivity contribution is -0.0506. The van der Waals surface area contributed by atoms with E-state index in [9.17, 15) is 0 Å². The van der Waals surface area contributed by atoms with E-state index in [1.807, 2.05) is 13.8 Å². The molecular formula is C10H22O3. The van der Waals surface area contributed by atoms with Gasteiger partial charge in [0.1, 0.15) is 0 Å². The van der Waals surface area contributed by atoms with Gasteiger partial charge in [0.15, 0.2) is 0 Å². The summed E-state index contributed by atoms with van der Waals surface area (Å²) < 4.78 is 10.8. The molecule has 0 aromatic carbocycles. The van der Waals surface area contributed by atoms with E-state index in [0.717, 1.165) is 6.61 Å². The molecule has 0 aliphatic rings. The van der Waals surface area contributed by atoms with Crippen LogP contribution in [0.2, 0.25) is 0 Å². The molecule has 0 aliphatic carbocycles. The standard InChI is InChI=1S/C10H22O3/c1-8(2)6-12-10(4)7-13-9(3)5-11/h8-11H,5-7H2,1-4H3. The van der Waals surface area contributed by atoms with Gasteiger partial charge in [-0.15, -0.1) is 0 Å². The molecule has 1 N–H and O–H groups in total. The van der Waals surface area contributed by atoms with Crippen LogP contribution in [0.5, 0.6) is 0 Å². The van der Waals surface area contributed by atoms with Gasteiger partial charge in [0.25, 0.3) is 0 Å². The summed E-state index contributed by atoms with van der Waals surface area (Å²) >= 11 is 0. The molecule has 2 unspecified atom stereocenters. The predicted octanol–water partition coefficient (Wildman–Crippen LogP) is 1.44. The molecule has 0 aromatic rings. The van der Waals surface area contributed by atoms with Crippen molar-refractivity contribution in [2.24, 2.45) is 5.92 Å². The highest BCUT2D eigenvalue weighted by Crippen LogP contribution is 2.00. The van der Waals surface area contributed by atoms with Crippen molar-refractivity contribution >= 4 is 0 Å². The Bertz CT molecular complexity index is 115. The zero-order valence-corrected chi connectivity index (χ0v) is 9.12. The van der Waals surface area contributed by atoms with Crippen LogP contribution in [0, 0.1) is 5.92 Å². The van der Waals surface area contributed by atoms with Crippen molar-refractivity contribution in [3.05, 3.63) is 0 Å². The summed E-state index contributed by atoms with van der Waals surface area (Å²) in [6.45, 7) is 9.43. The van der Waals surface area contributed by atoms with E-state index in [-0.39, 0.29) is 18.8 Å². The van der Waals surface area contributed by atoms with Crippen LogP contribution >= 0.6 is 0 Å². The molecule has 2 atom stereocenters. The van der Waals surface area contributed by atoms with Crippen LogP contribution in [0.3, 0.4) is 0 Å². The molecule has 0 aliphatic heterocycles. The second kappa shape index (κ2) is 7.30. The molecule has 0 saturated carbocycles. The first-order valence-electron chi connectivity index (χ1n) is 4.90. The Morgan fingerprint density at radius 3 is 1.92 bits per heavy atom. The smallest absolute Gasteiger partial charge is 0.0780 e. The lowest BCUT2D eigenvalue weighted by Crippen LogP contribution is -2.23. The van der Waals surface area contributed by atoms with Gasteiger partial charge < -0.3 is 14.6 Å². The molecule has 0 spiro atoms. The van der Waals surface area contributed by atoms with Crippen molar-refractivity contribution in [3.63, 3.8) is 0 Å². The fraction of sp³-hybridized carbons (Fsp3) is 1.00. The van der Waals surface area contributed by atoms with E-state index in [1.165, 1.54) is 0 Å². The van der Waals surface area contributed by atoms with Crippen LogP contribution < -0.4 is 0 Å². The van der Waals surface area contributed by atoms with Crippen molar-refractivity contribution in [1.29, 1.82) is 0 Å². The summed E-state index contributed by atoms with van der Waals surface area (Å²) in [6, 6.07) is 0. The Morgan fingerprint density at radius 1 is 0.923 bits per heavy atom. The molecule has 0 bridgehead atoms. The Balaban J connectivity index is 3.34. The van der Waals surface area contributed by atoms with Crippen molar-refractivity contribution in [2.45, 2.75) is 39.9 Å². The maximum Gasteiger partial charge on any atom is 0.0780 e. The van der Waals surface area contributed by atoms with Gasteiger partial charge in [0, 0.05) is 6.61 Å². The minimum absolute atomic E-state index is 0.0664. The molecule has 13 heavy (non-hydrogen) atoms. The van der Waals surface area contributed by atoms with Gasteiger partial charge in [-0.1, -0.05) is 13.8 Å². The van der Waals surface area contributed by atoms with Crippen LogP contribution in [0.4, 0.5) is 0 Å². The fourth-order valence-corrected chi connectivity index (χ4v) is 0.757. The molecule has 80 valence electrons. The first-order valence-corrected chi connectivity index (χ1v) is 4.90. The number of rotatable bonds is 7. The van der Waals surface area contributed by atoms with E-state index in [2.05, 4.69) is 13.8 Å². The minimum atomic E-state index is -0.0925. The third kappa shape index (κ3) is 8.22. The van der Waals surface area contributed by atoms with Crippen molar-refractivity contribution in [3.8, 4) is 0 Å². The van der Waals surface area contributed by atoms with E-state index >= 15 is 0 Å². The van der Waals surface area contributed by atoms with Gasteiger partial charge in [0.2, 0.25) is 0 Å². The Morgan fingerprint density at radius 2 is 1.46 bits per heavy atom. The average molecular weight is 190 g/mol. The van der Waals surface area contributed by atoms with E-state index < -0.39 is 0 Å². The molecule has 0 fully saturated rings. The summed E-state index contributed by atoms with van der Waals surface area (Å²) in [5, 5.41) is 8.70. The quantitative estimate of drug-likeness (QED) is 0.660. The Hall–Kier alpha value is -0.120. The maximum atomic E-state index is 8.70. The van der Waals surface area contributed by atoms with Gasteiger partial charge in [0.05, 0.1) is 25.4 Å². The number of hydrogen-bond donors (Lipinski definition) is 1. The van der Waals surface area contributed by atoms with E-state index in [4.69, 9.17) is 14.6 Å². The SMILES string of the molecule is CC(C)COC(C)COC(C)CO. The second-order valence-corrected chi connectivity index (χ2v) is 3.86. The lowest BCUT2D eigenvalue weighted by atomic mass is 10.2. The van der Waals surface area contributed by atoms with Crippen LogP contribution in [0.25, 0.3) is 0 Å². The van der Waals surface area contributed by atoms with Crippen LogP contribution in [0.15, 0.2) is 0 Å². The molecular weight excluding hydrogens is 168 g/mol. The van der Waals surface area contributed by atoms with Crippen molar-refractivity contribution < 1.29 is 14.6 Å². The van der Waals surface area contributed by atoms with Crippen LogP contribution in [0.1, 0.15) is 27.7 Å². The van der Waals surface area contributed by atoms with Gasteiger partial charge in [-0.05, 0) is 19.8 Å². The molecule has 0 saturated heterocycles. The molecule has 3 nitrogen and oxygen atoms in total. The zero-order chi connectivity index (χ0) is 10.3. The fourth-order valence-electron chi connectivity index (χ4n) is 0.757. The van der Waals surface area contributed by atoms with Gasteiger partial charge in [-0.3, -0.25) is 0 Å². The van der Waals surface area contributed by atoms with Crippen LogP contribution in [-0.2, 0) is 9.47 Å². The molecule has 0 heterocycles. The zero-order valence-electron chi connectivity index (χ0n) is 9.12. The highest BCUT2D eigenvalue weighted by atomic mass is 16.5. The third-order valence-corrected chi connectivity index (χ3v) is 1.59. The highest BCUT2D eigenvalue weighted by molar-refractivity contribution is 4.52. The summed E-state index contributed by atoms with van der Waals surface area (Å²) in [7, 11) is 0. The van der Waals surface area contributed by atoms with Gasteiger partial charge in [-0.2, -0.15) is 0 Å². The summed E-state index contributed by atoms with van der Waals surface area (Å²) in [5.41, 5.74) is 0. The predicted molar refractivity (Wildman–Crippen MR) is 52.8 cm³/mol. The second-order valence-electron chi connectivity index (χ2n) is 3.86. The lowest BCUT2D eigenvalue weighted by Gasteiger charge is -2.17. The summed E-state index contributed by atoms with van der Waals surface area (Å²) in [6.07, 6.45) is 0.0153. The monoisotopic (exact) mass is 190 g/mol. The maximum absolute atomic E-state index is 8.70. The van der Waals surface area contributed by atoms with Crippen LogP contribution in [-0.4, -0.2) is 37.1 Å². The van der Waals surface area contributed by atoms with Gasteiger partial charge in [-0.25, -0.2) is 0 Å². The van der Waals surface area contributed by atoms with E-state index in [0.29, 0.717) is 12.5 Å². The molecule has 0 rings (SSSR count). The third-order valence-electron chi connectivity index (χ3n) is 1.59. The van der Waals surface area contributed by atoms with E-state index in [1.54, 1.807) is 0 Å². The minimum Gasteiger partial charge on any atom is -0.394 e. The molecule has 3 heteroatoms. The summed E-state index contributed by atoms with van der Waals surface area (Å²) in [5.74, 6) is 0.553. The normalized spacial score (nSPS) is 16.2. The first-order chi connectivity index (χ1) is 6.06. The Kier molecular flexibility index (Phi) is 7.23. The molecule has 0 aromatic heterocycles. The number of aliphatic hydroxyl groups is 1. The Labute approximate surface area is 81.0 Å². The number of aliphatic hydroxyl groups excluding tert-OH is 1. The summed E-state index contributed by atoms with van der Waals surface area (Å²) in [4.78, 5) is 0. The number of hydrogen-bond acceptors (Lipinski definition) is 3. The van der Waals surface area contributed by atoms with Crippen molar-refractivity contribution in [1.82, 2.24) is 0 Å². The topological polar surface area (TPSA) is 38.7 Å². The highest BCUT2D eigenvalue weighted by Gasteiger charge is 2.06.